The van der Waals surface area contributed by atoms with Crippen molar-refractivity contribution in [1.82, 2.24) is 0 Å². The third kappa shape index (κ3) is 2.21. The van der Waals surface area contributed by atoms with Crippen molar-refractivity contribution in [3.8, 4) is 0 Å². The molecule has 0 aromatic heterocycles. The molecule has 0 amide bonds. The van der Waals surface area contributed by atoms with Gasteiger partial charge in [-0.2, -0.15) is 0 Å². The molecule has 3 heteroatoms. The fraction of sp³-hybridized carbons (Fsp3) is 1.00. The van der Waals surface area contributed by atoms with E-state index in [1.54, 1.807) is 7.11 Å². The summed E-state index contributed by atoms with van der Waals surface area (Å²) in [5.41, 5.74) is 0. The number of methoxy groups -OCH3 is 1. The predicted octanol–water partition coefficient (Wildman–Crippen LogP) is 2.71. The van der Waals surface area contributed by atoms with E-state index in [0.29, 0.717) is 15.8 Å². The minimum absolute atomic E-state index is 0.425. The van der Waals surface area contributed by atoms with Crippen LogP contribution in [0.3, 0.4) is 0 Å². The third-order valence-electron chi connectivity index (χ3n) is 1.95. The van der Waals surface area contributed by atoms with Crippen LogP contribution < -0.4 is 0 Å². The highest BCUT2D eigenvalue weighted by Crippen LogP contribution is 2.30. The quantitative estimate of drug-likeness (QED) is 0.667. The maximum absolute atomic E-state index is 5.28. The molecule has 0 aliphatic heterocycles. The van der Waals surface area contributed by atoms with Gasteiger partial charge in [0.15, 0.2) is 0 Å². The fourth-order valence-electron chi connectivity index (χ4n) is 1.31. The Bertz CT molecular complexity index is 108. The molecule has 1 saturated carbocycles. The summed E-state index contributed by atoms with van der Waals surface area (Å²) in [6, 6.07) is 0. The van der Waals surface area contributed by atoms with Crippen molar-refractivity contribution in [1.29, 1.82) is 0 Å². The molecule has 3 unspecified atom stereocenters. The van der Waals surface area contributed by atoms with E-state index in [4.69, 9.17) is 4.74 Å². The second kappa shape index (κ2) is 4.07. The molecule has 0 aromatic rings. The van der Waals surface area contributed by atoms with Gasteiger partial charge in [0.2, 0.25) is 0 Å². The Morgan fingerprint density at radius 1 is 1.30 bits per heavy atom. The average molecular weight is 272 g/mol. The normalized spacial score (nSPS) is 41.7. The lowest BCUT2D eigenvalue weighted by Gasteiger charge is -2.29. The van der Waals surface area contributed by atoms with Crippen molar-refractivity contribution < 1.29 is 4.74 Å². The van der Waals surface area contributed by atoms with Gasteiger partial charge in [0.05, 0.1) is 6.10 Å². The Morgan fingerprint density at radius 3 is 2.50 bits per heavy atom. The van der Waals surface area contributed by atoms with Gasteiger partial charge in [-0.1, -0.05) is 31.9 Å². The number of ether oxygens (including phenoxy) is 1. The van der Waals surface area contributed by atoms with Crippen LogP contribution in [0.4, 0.5) is 0 Å². The maximum Gasteiger partial charge on any atom is 0.0697 e. The summed E-state index contributed by atoms with van der Waals surface area (Å²) in [5.74, 6) is 0. The molecule has 0 bridgehead atoms. The van der Waals surface area contributed by atoms with Gasteiger partial charge >= 0.3 is 0 Å². The van der Waals surface area contributed by atoms with Crippen LogP contribution in [0.15, 0.2) is 0 Å². The van der Waals surface area contributed by atoms with Gasteiger partial charge in [-0.3, -0.25) is 0 Å². The molecule has 1 nitrogen and oxygen atoms in total. The molecule has 1 rings (SSSR count). The molecule has 10 heavy (non-hydrogen) atoms. The van der Waals surface area contributed by atoms with E-state index >= 15 is 0 Å². The number of rotatable bonds is 1. The van der Waals surface area contributed by atoms with Crippen LogP contribution in [0.2, 0.25) is 0 Å². The molecule has 3 atom stereocenters. The summed E-state index contributed by atoms with van der Waals surface area (Å²) in [5, 5.41) is 0. The van der Waals surface area contributed by atoms with Gasteiger partial charge in [-0.15, -0.1) is 0 Å². The van der Waals surface area contributed by atoms with Crippen molar-refractivity contribution >= 4 is 31.9 Å². The first-order valence-corrected chi connectivity index (χ1v) is 5.38. The summed E-state index contributed by atoms with van der Waals surface area (Å²) in [4.78, 5) is 1.22. The zero-order valence-corrected chi connectivity index (χ0v) is 9.19. The van der Waals surface area contributed by atoms with E-state index in [1.165, 1.54) is 19.3 Å². The van der Waals surface area contributed by atoms with Crippen LogP contribution in [0.5, 0.6) is 0 Å². The standard InChI is InChI=1S/C7H12Br2O/c1-10-7-3-2-5(8)4-6(7)9/h5-7H,2-4H2,1H3. The number of hydrogen-bond acceptors (Lipinski definition) is 1. The largest absolute Gasteiger partial charge is 0.380 e. The van der Waals surface area contributed by atoms with E-state index in [9.17, 15) is 0 Å². The van der Waals surface area contributed by atoms with Crippen molar-refractivity contribution in [3.63, 3.8) is 0 Å². The van der Waals surface area contributed by atoms with E-state index in [2.05, 4.69) is 31.9 Å². The highest BCUT2D eigenvalue weighted by molar-refractivity contribution is 9.10. The molecule has 0 saturated heterocycles. The lowest BCUT2D eigenvalue weighted by Crippen LogP contribution is -2.31. The highest BCUT2D eigenvalue weighted by atomic mass is 79.9. The summed E-state index contributed by atoms with van der Waals surface area (Å²) >= 11 is 7.20. The van der Waals surface area contributed by atoms with Gasteiger partial charge in [0.1, 0.15) is 0 Å². The maximum atomic E-state index is 5.28. The lowest BCUT2D eigenvalue weighted by molar-refractivity contribution is 0.0797. The summed E-state index contributed by atoms with van der Waals surface area (Å²) in [6.07, 6.45) is 4.01. The second-order valence-corrected chi connectivity index (χ2v) is 5.17. The van der Waals surface area contributed by atoms with Gasteiger partial charge < -0.3 is 4.74 Å². The molecule has 1 fully saturated rings. The van der Waals surface area contributed by atoms with Gasteiger partial charge in [0, 0.05) is 16.8 Å². The Morgan fingerprint density at radius 2 is 2.00 bits per heavy atom. The molecule has 0 aromatic carbocycles. The summed E-state index contributed by atoms with van der Waals surface area (Å²) in [7, 11) is 1.79. The topological polar surface area (TPSA) is 9.23 Å². The van der Waals surface area contributed by atoms with Crippen molar-refractivity contribution in [2.45, 2.75) is 35.0 Å². The van der Waals surface area contributed by atoms with Gasteiger partial charge in [-0.05, 0) is 19.3 Å². The van der Waals surface area contributed by atoms with Crippen molar-refractivity contribution in [2.75, 3.05) is 7.11 Å². The zero-order valence-electron chi connectivity index (χ0n) is 6.02. The van der Waals surface area contributed by atoms with Crippen molar-refractivity contribution in [3.05, 3.63) is 0 Å². The Hall–Kier alpha value is 0.920. The van der Waals surface area contributed by atoms with Crippen LogP contribution in [0, 0.1) is 0 Å². The van der Waals surface area contributed by atoms with Crippen molar-refractivity contribution in [2.24, 2.45) is 0 Å². The first-order valence-electron chi connectivity index (χ1n) is 3.55. The van der Waals surface area contributed by atoms with E-state index in [0.717, 1.165) is 0 Å². The fourth-order valence-corrected chi connectivity index (χ4v) is 3.41. The zero-order chi connectivity index (χ0) is 7.56. The smallest absolute Gasteiger partial charge is 0.0697 e. The molecule has 0 heterocycles. The minimum Gasteiger partial charge on any atom is -0.380 e. The molecule has 0 spiro atoms. The van der Waals surface area contributed by atoms with Crippen LogP contribution in [-0.2, 0) is 4.74 Å². The van der Waals surface area contributed by atoms with E-state index in [1.807, 2.05) is 0 Å². The number of alkyl halides is 2. The molecule has 1 aliphatic carbocycles. The second-order valence-electron chi connectivity index (χ2n) is 2.70. The van der Waals surface area contributed by atoms with Crippen LogP contribution in [0.1, 0.15) is 19.3 Å². The monoisotopic (exact) mass is 270 g/mol. The SMILES string of the molecule is COC1CCC(Br)CC1Br. The van der Waals surface area contributed by atoms with E-state index < -0.39 is 0 Å². The van der Waals surface area contributed by atoms with Crippen LogP contribution >= 0.6 is 31.9 Å². The molecule has 0 radical (unpaired) electrons. The third-order valence-corrected chi connectivity index (χ3v) is 3.75. The van der Waals surface area contributed by atoms with Gasteiger partial charge in [-0.25, -0.2) is 0 Å². The molecular formula is C7H12Br2O. The minimum atomic E-state index is 0.425. The summed E-state index contributed by atoms with van der Waals surface area (Å²) < 4.78 is 5.28. The highest BCUT2D eigenvalue weighted by Gasteiger charge is 2.26. The molecular weight excluding hydrogens is 260 g/mol. The summed E-state index contributed by atoms with van der Waals surface area (Å²) in [6.45, 7) is 0. The lowest BCUT2D eigenvalue weighted by atomic mass is 9.97. The van der Waals surface area contributed by atoms with E-state index in [-0.39, 0.29) is 0 Å². The molecule has 1 aliphatic rings. The predicted molar refractivity (Wildman–Crippen MR) is 50.1 cm³/mol. The Labute approximate surface area is 78.8 Å². The van der Waals surface area contributed by atoms with Gasteiger partial charge in [0.25, 0.3) is 0 Å². The Balaban J connectivity index is 2.36. The number of hydrogen-bond donors (Lipinski definition) is 0. The number of halogens is 2. The van der Waals surface area contributed by atoms with Crippen LogP contribution in [-0.4, -0.2) is 22.9 Å². The Kier molecular flexibility index (Phi) is 3.67. The average Bonchev–Trinajstić information content (AvgIpc) is 1.88. The first kappa shape index (κ1) is 9.01. The van der Waals surface area contributed by atoms with Crippen LogP contribution in [0.25, 0.3) is 0 Å². The molecule has 0 N–H and O–H groups in total. The first-order chi connectivity index (χ1) is 4.74. The molecule has 60 valence electrons.